The van der Waals surface area contributed by atoms with Gasteiger partial charge in [-0.25, -0.2) is 9.20 Å². The lowest BCUT2D eigenvalue weighted by atomic mass is 10.4. The van der Waals surface area contributed by atoms with Gasteiger partial charge in [0, 0.05) is 0 Å². The van der Waals surface area contributed by atoms with Crippen LogP contribution in [0.2, 0.25) is 5.15 Å². The molecule has 8 heteroatoms. The molecule has 0 aliphatic carbocycles. The Morgan fingerprint density at radius 3 is 2.81 bits per heavy atom. The number of nitrogens with zero attached hydrogens (tertiary/aromatic N) is 3. The van der Waals surface area contributed by atoms with Crippen LogP contribution in [0, 0.1) is 10.1 Å². The first-order chi connectivity index (χ1) is 7.52. The van der Waals surface area contributed by atoms with Crippen LogP contribution >= 0.6 is 11.6 Å². The van der Waals surface area contributed by atoms with Crippen molar-refractivity contribution in [2.75, 3.05) is 0 Å². The molecule has 0 aliphatic rings. The lowest BCUT2D eigenvalue weighted by Crippen LogP contribution is -2.04. The summed E-state index contributed by atoms with van der Waals surface area (Å²) in [5, 5.41) is 19.5. The summed E-state index contributed by atoms with van der Waals surface area (Å²) in [4.78, 5) is 24.2. The maximum atomic E-state index is 10.8. The number of carboxylic acid groups (broad SMARTS) is 1. The molecule has 0 bridgehead atoms. The fourth-order valence-corrected chi connectivity index (χ4v) is 1.60. The normalized spacial score (nSPS) is 10.6. The standard InChI is InChI=1S/C8H4ClN3O4/c9-5-3-1-2-4-6(12(15)16)10-7(8(13)14)11(4)5/h1-3H,(H,13,14). The molecule has 2 heterocycles. The Kier molecular flexibility index (Phi) is 2.24. The predicted octanol–water partition coefficient (Wildman–Crippen LogP) is 1.59. The number of carbonyl (C=O) groups is 1. The van der Waals surface area contributed by atoms with Crippen molar-refractivity contribution in [1.82, 2.24) is 9.38 Å². The van der Waals surface area contributed by atoms with E-state index in [2.05, 4.69) is 4.98 Å². The molecule has 0 spiro atoms. The molecule has 0 fully saturated rings. The summed E-state index contributed by atoms with van der Waals surface area (Å²) in [6, 6.07) is 4.29. The van der Waals surface area contributed by atoms with Crippen molar-refractivity contribution < 1.29 is 14.8 Å². The van der Waals surface area contributed by atoms with Crippen molar-refractivity contribution in [2.45, 2.75) is 0 Å². The molecule has 0 amide bonds. The topological polar surface area (TPSA) is 97.7 Å². The van der Waals surface area contributed by atoms with E-state index in [9.17, 15) is 14.9 Å². The van der Waals surface area contributed by atoms with Crippen molar-refractivity contribution in [3.8, 4) is 0 Å². The Bertz CT molecular complexity index is 607. The molecule has 2 rings (SSSR count). The van der Waals surface area contributed by atoms with Crippen LogP contribution in [0.3, 0.4) is 0 Å². The van der Waals surface area contributed by atoms with E-state index in [-0.39, 0.29) is 10.7 Å². The van der Waals surface area contributed by atoms with Crippen molar-refractivity contribution in [3.63, 3.8) is 0 Å². The third-order valence-corrected chi connectivity index (χ3v) is 2.25. The van der Waals surface area contributed by atoms with E-state index in [1.165, 1.54) is 18.2 Å². The molecular formula is C8H4ClN3O4. The second-order valence-electron chi connectivity index (χ2n) is 2.89. The number of hydrogen-bond acceptors (Lipinski definition) is 4. The van der Waals surface area contributed by atoms with Crippen molar-refractivity contribution in [3.05, 3.63) is 39.3 Å². The van der Waals surface area contributed by atoms with Gasteiger partial charge in [-0.1, -0.05) is 17.7 Å². The maximum Gasteiger partial charge on any atom is 0.399 e. The maximum absolute atomic E-state index is 10.8. The summed E-state index contributed by atoms with van der Waals surface area (Å²) in [7, 11) is 0. The zero-order valence-electron chi connectivity index (χ0n) is 7.62. The molecule has 0 atom stereocenters. The van der Waals surface area contributed by atoms with Crippen molar-refractivity contribution in [2.24, 2.45) is 0 Å². The Labute approximate surface area is 93.0 Å². The highest BCUT2D eigenvalue weighted by Gasteiger charge is 2.27. The van der Waals surface area contributed by atoms with Gasteiger partial charge in [-0.15, -0.1) is 0 Å². The SMILES string of the molecule is O=C(O)c1nc([N+](=O)[O-])c2cccc(Cl)n12. The second kappa shape index (κ2) is 3.46. The van der Waals surface area contributed by atoms with Crippen LogP contribution in [0.4, 0.5) is 5.82 Å². The fourth-order valence-electron chi connectivity index (χ4n) is 1.36. The lowest BCUT2D eigenvalue weighted by Gasteiger charge is -1.96. The smallest absolute Gasteiger partial charge is 0.399 e. The van der Waals surface area contributed by atoms with E-state index in [1.807, 2.05) is 0 Å². The van der Waals surface area contributed by atoms with Gasteiger partial charge in [-0.3, -0.25) is 0 Å². The van der Waals surface area contributed by atoms with Gasteiger partial charge >= 0.3 is 17.6 Å². The van der Waals surface area contributed by atoms with Gasteiger partial charge in [0.1, 0.15) is 10.7 Å². The second-order valence-corrected chi connectivity index (χ2v) is 3.28. The number of aromatic nitrogens is 2. The summed E-state index contributed by atoms with van der Waals surface area (Å²) in [5.74, 6) is -2.39. The van der Waals surface area contributed by atoms with Gasteiger partial charge in [0.25, 0.3) is 0 Å². The minimum absolute atomic E-state index is 0.0508. The van der Waals surface area contributed by atoms with Crippen LogP contribution < -0.4 is 0 Å². The highest BCUT2D eigenvalue weighted by atomic mass is 35.5. The van der Waals surface area contributed by atoms with Gasteiger partial charge < -0.3 is 15.2 Å². The van der Waals surface area contributed by atoms with Gasteiger partial charge in [-0.05, 0) is 22.0 Å². The average molecular weight is 242 g/mol. The first-order valence-electron chi connectivity index (χ1n) is 4.07. The van der Waals surface area contributed by atoms with E-state index in [1.54, 1.807) is 0 Å². The summed E-state index contributed by atoms with van der Waals surface area (Å²) >= 11 is 5.76. The number of pyridine rings is 1. The van der Waals surface area contributed by atoms with E-state index in [4.69, 9.17) is 16.7 Å². The van der Waals surface area contributed by atoms with E-state index in [0.717, 1.165) is 4.40 Å². The van der Waals surface area contributed by atoms with Crippen molar-refractivity contribution in [1.29, 1.82) is 0 Å². The first-order valence-corrected chi connectivity index (χ1v) is 4.45. The third kappa shape index (κ3) is 1.38. The molecular weight excluding hydrogens is 238 g/mol. The molecule has 2 aromatic rings. The summed E-state index contributed by atoms with van der Waals surface area (Å²) in [5.41, 5.74) is 0.0508. The minimum Gasteiger partial charge on any atom is -0.474 e. The molecule has 0 aromatic carbocycles. The van der Waals surface area contributed by atoms with Crippen molar-refractivity contribution >= 4 is 28.9 Å². The zero-order valence-corrected chi connectivity index (χ0v) is 8.38. The zero-order chi connectivity index (χ0) is 11.9. The molecule has 0 aliphatic heterocycles. The molecule has 16 heavy (non-hydrogen) atoms. The average Bonchev–Trinajstić information content (AvgIpc) is 2.58. The Balaban J connectivity index is 2.93. The number of hydrogen-bond donors (Lipinski definition) is 1. The quantitative estimate of drug-likeness (QED) is 0.489. The number of nitro groups is 1. The van der Waals surface area contributed by atoms with Crippen LogP contribution in [0.1, 0.15) is 10.6 Å². The fraction of sp³-hybridized carbons (Fsp3) is 0. The predicted molar refractivity (Wildman–Crippen MR) is 53.8 cm³/mol. The highest BCUT2D eigenvalue weighted by molar-refractivity contribution is 6.30. The first kappa shape index (κ1) is 10.4. The third-order valence-electron chi connectivity index (χ3n) is 1.96. The molecule has 82 valence electrons. The summed E-state index contributed by atoms with van der Waals surface area (Å²) in [6.07, 6.45) is 0. The van der Waals surface area contributed by atoms with Crippen LogP contribution in [0.25, 0.3) is 5.52 Å². The minimum atomic E-state index is -1.38. The van der Waals surface area contributed by atoms with E-state index < -0.39 is 22.5 Å². The lowest BCUT2D eigenvalue weighted by molar-refractivity contribution is -0.387. The molecule has 0 saturated heterocycles. The van der Waals surface area contributed by atoms with Gasteiger partial charge in [0.05, 0.1) is 0 Å². The van der Waals surface area contributed by atoms with Crippen LogP contribution in [-0.2, 0) is 0 Å². The van der Waals surface area contributed by atoms with E-state index in [0.29, 0.717) is 0 Å². The molecule has 7 nitrogen and oxygen atoms in total. The van der Waals surface area contributed by atoms with E-state index >= 15 is 0 Å². The molecule has 0 radical (unpaired) electrons. The summed E-state index contributed by atoms with van der Waals surface area (Å²) in [6.45, 7) is 0. The number of aromatic carboxylic acids is 1. The molecule has 1 N–H and O–H groups in total. The molecule has 0 unspecified atom stereocenters. The highest BCUT2D eigenvalue weighted by Crippen LogP contribution is 2.24. The van der Waals surface area contributed by atoms with Crippen LogP contribution in [0.5, 0.6) is 0 Å². The van der Waals surface area contributed by atoms with Crippen LogP contribution in [0.15, 0.2) is 18.2 Å². The van der Waals surface area contributed by atoms with Crippen LogP contribution in [-0.4, -0.2) is 25.4 Å². The van der Waals surface area contributed by atoms with Gasteiger partial charge in [-0.2, -0.15) is 0 Å². The number of imidazole rings is 1. The Morgan fingerprint density at radius 1 is 1.56 bits per heavy atom. The summed E-state index contributed by atoms with van der Waals surface area (Å²) < 4.78 is 1.02. The number of halogens is 1. The Hall–Kier alpha value is -2.15. The number of fused-ring (bicyclic) bond motifs is 1. The van der Waals surface area contributed by atoms with Gasteiger partial charge in [0.15, 0.2) is 0 Å². The monoisotopic (exact) mass is 241 g/mol. The number of rotatable bonds is 2. The molecule has 2 aromatic heterocycles. The Morgan fingerprint density at radius 2 is 2.25 bits per heavy atom. The largest absolute Gasteiger partial charge is 0.474 e. The molecule has 0 saturated carbocycles. The van der Waals surface area contributed by atoms with Gasteiger partial charge in [0.2, 0.25) is 0 Å². The number of carboxylic acids is 1.